The van der Waals surface area contributed by atoms with E-state index in [4.69, 9.17) is 4.74 Å². The third kappa shape index (κ3) is 2.74. The summed E-state index contributed by atoms with van der Waals surface area (Å²) in [5.41, 5.74) is 0.360. The second kappa shape index (κ2) is 7.31. The van der Waals surface area contributed by atoms with Crippen molar-refractivity contribution >= 4 is 0 Å². The van der Waals surface area contributed by atoms with E-state index in [2.05, 4.69) is 72.4 Å². The average molecular weight is 455 g/mol. The summed E-state index contributed by atoms with van der Waals surface area (Å²) in [6.45, 7) is 17.9. The largest absolute Gasteiger partial charge is 0.392 e. The van der Waals surface area contributed by atoms with E-state index in [1.807, 2.05) is 0 Å². The average Bonchev–Trinajstić information content (AvgIpc) is 3.09. The topological polar surface area (TPSA) is 49.7 Å². The van der Waals surface area contributed by atoms with E-state index in [1.165, 1.54) is 12.8 Å². The fourth-order valence-corrected chi connectivity index (χ4v) is 9.90. The molecule has 1 aliphatic heterocycles. The van der Waals surface area contributed by atoms with Gasteiger partial charge in [-0.1, -0.05) is 71.1 Å². The Balaban J connectivity index is 1.52. The molecule has 1 heterocycles. The molecule has 5 aliphatic rings. The van der Waals surface area contributed by atoms with Gasteiger partial charge in [0.25, 0.3) is 0 Å². The van der Waals surface area contributed by atoms with Gasteiger partial charge in [-0.2, -0.15) is 0 Å². The van der Waals surface area contributed by atoms with Crippen molar-refractivity contribution in [2.75, 3.05) is 0 Å². The Morgan fingerprint density at radius 1 is 1.09 bits per heavy atom. The highest BCUT2D eigenvalue weighted by atomic mass is 16.6. The second-order valence-electron chi connectivity index (χ2n) is 13.5. The number of fused-ring (bicyclic) bond motifs is 2. The maximum Gasteiger partial charge on any atom is 0.162 e. The SMILES string of the molecule is C=C(C)/C=C/C[C@@H](C)[C@H]1CC[C@@]2(C)[C@@H]3C=C[C@@]45O[C@H](O)[C@]3(CC[C@]12C)[C@@H]4CC[C@H](O)C5(C)C. The molecular weight excluding hydrogens is 408 g/mol. The van der Waals surface area contributed by atoms with Crippen LogP contribution in [0.4, 0.5) is 0 Å². The van der Waals surface area contributed by atoms with Crippen LogP contribution in [0, 0.1) is 45.3 Å². The molecular formula is C30H46O3. The Bertz CT molecular complexity index is 887. The summed E-state index contributed by atoms with van der Waals surface area (Å²) in [6.07, 6.45) is 15.6. The normalized spacial score (nSPS) is 52.9. The predicted octanol–water partition coefficient (Wildman–Crippen LogP) is 6.42. The molecule has 0 unspecified atom stereocenters. The van der Waals surface area contributed by atoms with Gasteiger partial charge in [0, 0.05) is 16.7 Å². The smallest absolute Gasteiger partial charge is 0.162 e. The molecule has 2 bridgehead atoms. The van der Waals surface area contributed by atoms with Crippen LogP contribution in [0.5, 0.6) is 0 Å². The Morgan fingerprint density at radius 2 is 1.82 bits per heavy atom. The first kappa shape index (κ1) is 23.8. The highest BCUT2D eigenvalue weighted by Gasteiger charge is 2.78. The number of hydrogen-bond donors (Lipinski definition) is 2. The minimum atomic E-state index is -0.747. The molecule has 0 amide bonds. The summed E-state index contributed by atoms with van der Waals surface area (Å²) in [5.74, 6) is 1.94. The van der Waals surface area contributed by atoms with Crippen molar-refractivity contribution in [2.24, 2.45) is 45.3 Å². The van der Waals surface area contributed by atoms with Crippen LogP contribution in [0.1, 0.15) is 86.5 Å². The van der Waals surface area contributed by atoms with Gasteiger partial charge in [0.1, 0.15) is 5.60 Å². The van der Waals surface area contributed by atoms with Gasteiger partial charge in [0.15, 0.2) is 6.29 Å². The quantitative estimate of drug-likeness (QED) is 0.381. The first-order chi connectivity index (χ1) is 15.4. The van der Waals surface area contributed by atoms with Crippen LogP contribution >= 0.6 is 0 Å². The highest BCUT2D eigenvalue weighted by Crippen LogP contribution is 2.78. The van der Waals surface area contributed by atoms with E-state index in [1.54, 1.807) is 0 Å². The van der Waals surface area contributed by atoms with Crippen LogP contribution < -0.4 is 0 Å². The predicted molar refractivity (Wildman–Crippen MR) is 133 cm³/mol. The summed E-state index contributed by atoms with van der Waals surface area (Å²) in [6, 6.07) is 0. The summed E-state index contributed by atoms with van der Waals surface area (Å²) in [5, 5.41) is 22.5. The molecule has 5 rings (SSSR count). The molecule has 1 saturated heterocycles. The van der Waals surface area contributed by atoms with Gasteiger partial charge in [0.2, 0.25) is 0 Å². The first-order valence-electron chi connectivity index (χ1n) is 13.4. The number of hydrogen-bond acceptors (Lipinski definition) is 3. The van der Waals surface area contributed by atoms with Gasteiger partial charge in [-0.05, 0) is 80.5 Å². The van der Waals surface area contributed by atoms with Crippen molar-refractivity contribution in [3.63, 3.8) is 0 Å². The Kier molecular flexibility index (Phi) is 5.27. The molecule has 0 aromatic rings. The van der Waals surface area contributed by atoms with Gasteiger partial charge in [-0.15, -0.1) is 0 Å². The lowest BCUT2D eigenvalue weighted by atomic mass is 9.38. The van der Waals surface area contributed by atoms with Crippen molar-refractivity contribution in [1.82, 2.24) is 0 Å². The minimum absolute atomic E-state index is 0.153. The molecule has 2 N–H and O–H groups in total. The van der Waals surface area contributed by atoms with Gasteiger partial charge in [0.05, 0.1) is 6.10 Å². The summed E-state index contributed by atoms with van der Waals surface area (Å²) in [4.78, 5) is 0. The summed E-state index contributed by atoms with van der Waals surface area (Å²) < 4.78 is 6.59. The van der Waals surface area contributed by atoms with E-state index in [9.17, 15) is 10.2 Å². The van der Waals surface area contributed by atoms with Gasteiger partial charge >= 0.3 is 0 Å². The molecule has 184 valence electrons. The fraction of sp³-hybridized carbons (Fsp3) is 0.800. The lowest BCUT2D eigenvalue weighted by molar-refractivity contribution is -0.213. The van der Waals surface area contributed by atoms with Gasteiger partial charge < -0.3 is 14.9 Å². The van der Waals surface area contributed by atoms with Crippen molar-refractivity contribution in [2.45, 2.75) is 104 Å². The maximum atomic E-state index is 11.6. The third-order valence-corrected chi connectivity index (χ3v) is 12.1. The molecule has 0 aromatic carbocycles. The molecule has 3 heteroatoms. The molecule has 4 aliphatic carbocycles. The summed E-state index contributed by atoms with van der Waals surface area (Å²) in [7, 11) is 0. The number of ether oxygens (including phenoxy) is 1. The van der Waals surface area contributed by atoms with E-state index >= 15 is 0 Å². The first-order valence-corrected chi connectivity index (χ1v) is 13.4. The van der Waals surface area contributed by atoms with Crippen LogP contribution in [-0.2, 0) is 4.74 Å². The molecule has 33 heavy (non-hydrogen) atoms. The van der Waals surface area contributed by atoms with Gasteiger partial charge in [-0.25, -0.2) is 0 Å². The lowest BCUT2D eigenvalue weighted by Gasteiger charge is -2.65. The maximum absolute atomic E-state index is 11.6. The molecule has 1 spiro atoms. The Labute approximate surface area is 201 Å². The monoisotopic (exact) mass is 454 g/mol. The molecule has 0 radical (unpaired) electrons. The van der Waals surface area contributed by atoms with E-state index in [0.29, 0.717) is 17.8 Å². The van der Waals surface area contributed by atoms with Crippen LogP contribution in [0.3, 0.4) is 0 Å². The van der Waals surface area contributed by atoms with E-state index < -0.39 is 23.4 Å². The number of rotatable bonds is 4. The van der Waals surface area contributed by atoms with Crippen molar-refractivity contribution in [3.05, 3.63) is 36.5 Å². The van der Waals surface area contributed by atoms with Crippen LogP contribution in [-0.4, -0.2) is 28.2 Å². The zero-order valence-corrected chi connectivity index (χ0v) is 21.7. The minimum Gasteiger partial charge on any atom is -0.392 e. The molecule has 3 saturated carbocycles. The van der Waals surface area contributed by atoms with Gasteiger partial charge in [-0.3, -0.25) is 0 Å². The zero-order chi connectivity index (χ0) is 24.0. The van der Waals surface area contributed by atoms with Crippen LogP contribution in [0.2, 0.25) is 0 Å². The highest BCUT2D eigenvalue weighted by molar-refractivity contribution is 5.34. The summed E-state index contributed by atoms with van der Waals surface area (Å²) >= 11 is 0. The third-order valence-electron chi connectivity index (χ3n) is 12.1. The zero-order valence-electron chi connectivity index (χ0n) is 21.7. The number of aliphatic hydroxyl groups excluding tert-OH is 2. The molecule has 0 aromatic heterocycles. The van der Waals surface area contributed by atoms with Crippen molar-refractivity contribution in [1.29, 1.82) is 0 Å². The standard InChI is InChI=1S/C30H46O3/c1-19(2)9-8-10-20(3)21-13-15-28(7)22-14-16-30-23(11-12-24(31)26(30,4)5)29(22,25(32)33-30)18-17-27(21,28)6/h8-9,14,16,20-25,31-32H,1,10-13,15,17-18H2,2-7H3/b9-8+/t20-,21-,22+,23+,24+,25+,27-,28+,29+,30-/m1/s1. The second-order valence-corrected chi connectivity index (χ2v) is 13.5. The number of allylic oxidation sites excluding steroid dienone is 4. The lowest BCUT2D eigenvalue weighted by Crippen LogP contribution is -2.65. The fourth-order valence-electron chi connectivity index (χ4n) is 9.90. The van der Waals surface area contributed by atoms with Crippen molar-refractivity contribution in [3.8, 4) is 0 Å². The molecule has 10 atom stereocenters. The number of aliphatic hydroxyl groups is 2. The van der Waals surface area contributed by atoms with Crippen molar-refractivity contribution < 1.29 is 14.9 Å². The molecule has 4 fully saturated rings. The molecule has 3 nitrogen and oxygen atoms in total. The van der Waals surface area contributed by atoms with E-state index in [-0.39, 0.29) is 22.2 Å². The Morgan fingerprint density at radius 3 is 2.52 bits per heavy atom. The Hall–Kier alpha value is -0.900. The van der Waals surface area contributed by atoms with Crippen LogP contribution in [0.15, 0.2) is 36.5 Å². The van der Waals surface area contributed by atoms with Crippen LogP contribution in [0.25, 0.3) is 0 Å². The van der Waals surface area contributed by atoms with E-state index in [0.717, 1.165) is 37.7 Å².